The van der Waals surface area contributed by atoms with Crippen molar-refractivity contribution in [1.29, 1.82) is 0 Å². The van der Waals surface area contributed by atoms with Gasteiger partial charge in [0.25, 0.3) is 0 Å². The predicted molar refractivity (Wildman–Crippen MR) is 112 cm³/mol. The van der Waals surface area contributed by atoms with Crippen LogP contribution in [0, 0.1) is 0 Å². The molecule has 31 heavy (non-hydrogen) atoms. The first-order valence-electron chi connectivity index (χ1n) is 9.83. The third-order valence-electron chi connectivity index (χ3n) is 4.64. The smallest absolute Gasteiger partial charge is 0.408 e. The largest absolute Gasteiger partial charge is 0.508 e. The zero-order chi connectivity index (χ0) is 22.1. The third kappa shape index (κ3) is 6.91. The van der Waals surface area contributed by atoms with Gasteiger partial charge in [-0.2, -0.15) is 0 Å². The lowest BCUT2D eigenvalue weighted by Gasteiger charge is -2.19. The van der Waals surface area contributed by atoms with Crippen molar-refractivity contribution in [2.24, 2.45) is 5.16 Å². The molecule has 164 valence electrons. The Balaban J connectivity index is 1.57. The number of amides is 2. The number of alkyl carbamates (subject to hydrolysis) is 1. The van der Waals surface area contributed by atoms with E-state index in [1.165, 1.54) is 19.2 Å². The molecule has 0 fully saturated rings. The minimum Gasteiger partial charge on any atom is -0.508 e. The summed E-state index contributed by atoms with van der Waals surface area (Å²) in [5, 5.41) is 18.6. The highest BCUT2D eigenvalue weighted by molar-refractivity contribution is 5.86. The number of ether oxygens (including phenoxy) is 2. The van der Waals surface area contributed by atoms with Gasteiger partial charge in [0.05, 0.1) is 20.1 Å². The van der Waals surface area contributed by atoms with Crippen molar-refractivity contribution in [3.05, 3.63) is 65.7 Å². The first kappa shape index (κ1) is 21.9. The van der Waals surface area contributed by atoms with E-state index in [1.807, 2.05) is 30.3 Å². The summed E-state index contributed by atoms with van der Waals surface area (Å²) in [5.74, 6) is 0.189. The number of phenols is 1. The van der Waals surface area contributed by atoms with E-state index in [0.717, 1.165) is 11.1 Å². The molecule has 0 saturated carbocycles. The van der Waals surface area contributed by atoms with E-state index >= 15 is 0 Å². The van der Waals surface area contributed by atoms with E-state index in [0.29, 0.717) is 12.3 Å². The molecule has 0 aromatic heterocycles. The van der Waals surface area contributed by atoms with Crippen molar-refractivity contribution in [1.82, 2.24) is 10.6 Å². The maximum Gasteiger partial charge on any atom is 0.408 e. The standard InChI is InChI=1S/C22H25N3O6/c1-29-20-12-18(31-25-20)13-23-21(27)19(11-15-7-9-17(26)10-8-15)24-22(28)30-14-16-5-3-2-4-6-16/h2-10,18-19,26H,11-14H2,1H3,(H,23,27)(H,24,28)/t18?,19-/m0/s1. The predicted octanol–water partition coefficient (Wildman–Crippen LogP) is 2.09. The number of oxime groups is 1. The molecule has 0 radical (unpaired) electrons. The molecule has 3 rings (SSSR count). The molecule has 9 nitrogen and oxygen atoms in total. The van der Waals surface area contributed by atoms with Crippen LogP contribution >= 0.6 is 0 Å². The fourth-order valence-electron chi connectivity index (χ4n) is 2.95. The molecular weight excluding hydrogens is 402 g/mol. The number of carbonyl (C=O) groups excluding carboxylic acids is 2. The second kappa shape index (κ2) is 10.9. The SMILES string of the molecule is COC1=NOC(CNC(=O)[C@H](Cc2ccc(O)cc2)NC(=O)OCc2ccccc2)C1. The molecule has 2 aromatic rings. The molecule has 0 spiro atoms. The van der Waals surface area contributed by atoms with Crippen LogP contribution in [-0.2, 0) is 32.1 Å². The number of benzene rings is 2. The zero-order valence-electron chi connectivity index (χ0n) is 17.1. The Kier molecular flexibility index (Phi) is 7.69. The summed E-state index contributed by atoms with van der Waals surface area (Å²) in [6.45, 7) is 0.301. The third-order valence-corrected chi connectivity index (χ3v) is 4.64. The van der Waals surface area contributed by atoms with Gasteiger partial charge < -0.3 is 30.1 Å². The normalized spacial score (nSPS) is 15.9. The minimum absolute atomic E-state index is 0.0905. The molecule has 1 aliphatic heterocycles. The van der Waals surface area contributed by atoms with E-state index in [9.17, 15) is 14.7 Å². The number of hydrogen-bond acceptors (Lipinski definition) is 7. The van der Waals surface area contributed by atoms with Crippen molar-refractivity contribution in [2.75, 3.05) is 13.7 Å². The second-order valence-electron chi connectivity index (χ2n) is 7.00. The van der Waals surface area contributed by atoms with Crippen molar-refractivity contribution in [3.63, 3.8) is 0 Å². The van der Waals surface area contributed by atoms with Gasteiger partial charge in [-0.25, -0.2) is 4.79 Å². The first-order valence-corrected chi connectivity index (χ1v) is 9.83. The fraction of sp³-hybridized carbons (Fsp3) is 0.318. The Bertz CT molecular complexity index is 901. The molecule has 1 heterocycles. The number of methoxy groups -OCH3 is 1. The molecule has 1 unspecified atom stereocenters. The van der Waals surface area contributed by atoms with Gasteiger partial charge in [0.1, 0.15) is 18.4 Å². The highest BCUT2D eigenvalue weighted by Gasteiger charge is 2.26. The van der Waals surface area contributed by atoms with Gasteiger partial charge in [0, 0.05) is 6.42 Å². The average molecular weight is 427 g/mol. The van der Waals surface area contributed by atoms with E-state index in [1.54, 1.807) is 12.1 Å². The molecular formula is C22H25N3O6. The number of carbonyl (C=O) groups is 2. The van der Waals surface area contributed by atoms with Crippen LogP contribution in [0.5, 0.6) is 5.75 Å². The summed E-state index contributed by atoms with van der Waals surface area (Å²) in [6, 6.07) is 14.8. The van der Waals surface area contributed by atoms with Crippen LogP contribution in [0.15, 0.2) is 59.8 Å². The number of phenolic OH excluding ortho intramolecular Hbond substituents is 1. The van der Waals surface area contributed by atoms with Crippen molar-refractivity contribution < 1.29 is 29.0 Å². The summed E-state index contributed by atoms with van der Waals surface area (Å²) >= 11 is 0. The van der Waals surface area contributed by atoms with E-state index in [4.69, 9.17) is 14.3 Å². The van der Waals surface area contributed by atoms with Gasteiger partial charge in [-0.3, -0.25) is 4.79 Å². The number of rotatable bonds is 8. The zero-order valence-corrected chi connectivity index (χ0v) is 17.1. The van der Waals surface area contributed by atoms with Gasteiger partial charge in [0.2, 0.25) is 11.8 Å². The fourth-order valence-corrected chi connectivity index (χ4v) is 2.95. The summed E-state index contributed by atoms with van der Waals surface area (Å²) in [5.41, 5.74) is 1.60. The summed E-state index contributed by atoms with van der Waals surface area (Å²) in [6.07, 6.45) is -0.368. The average Bonchev–Trinajstić information content (AvgIpc) is 3.26. The maximum absolute atomic E-state index is 12.8. The Hall–Kier alpha value is -3.75. The summed E-state index contributed by atoms with van der Waals surface area (Å²) in [7, 11) is 1.50. The monoisotopic (exact) mass is 427 g/mol. The number of nitrogens with one attached hydrogen (secondary N) is 2. The van der Waals surface area contributed by atoms with Crippen LogP contribution in [0.1, 0.15) is 17.5 Å². The van der Waals surface area contributed by atoms with Crippen LogP contribution in [0.2, 0.25) is 0 Å². The van der Waals surface area contributed by atoms with Crippen molar-refractivity contribution in [2.45, 2.75) is 31.6 Å². The van der Waals surface area contributed by atoms with E-state index < -0.39 is 12.1 Å². The molecule has 2 amide bonds. The number of hydrogen-bond donors (Lipinski definition) is 3. The molecule has 2 atom stereocenters. The molecule has 1 aliphatic rings. The molecule has 0 aliphatic carbocycles. The van der Waals surface area contributed by atoms with Crippen LogP contribution in [0.3, 0.4) is 0 Å². The Morgan fingerprint density at radius 3 is 2.58 bits per heavy atom. The van der Waals surface area contributed by atoms with Crippen LogP contribution in [0.25, 0.3) is 0 Å². The Labute approximate surface area is 180 Å². The van der Waals surface area contributed by atoms with E-state index in [-0.39, 0.29) is 37.3 Å². The molecule has 9 heteroatoms. The topological polar surface area (TPSA) is 118 Å². The lowest BCUT2D eigenvalue weighted by atomic mass is 10.0. The molecule has 2 aromatic carbocycles. The van der Waals surface area contributed by atoms with E-state index in [2.05, 4.69) is 15.8 Å². The Morgan fingerprint density at radius 1 is 1.16 bits per heavy atom. The lowest BCUT2D eigenvalue weighted by Crippen LogP contribution is -2.49. The quantitative estimate of drug-likeness (QED) is 0.594. The van der Waals surface area contributed by atoms with Gasteiger partial charge in [0.15, 0.2) is 6.10 Å². The van der Waals surface area contributed by atoms with Crippen LogP contribution in [0.4, 0.5) is 4.79 Å². The molecule has 0 saturated heterocycles. The first-order chi connectivity index (χ1) is 15.0. The minimum atomic E-state index is -0.878. The van der Waals surface area contributed by atoms with Crippen LogP contribution < -0.4 is 10.6 Å². The van der Waals surface area contributed by atoms with Gasteiger partial charge in [-0.05, 0) is 23.3 Å². The van der Waals surface area contributed by atoms with Gasteiger partial charge >= 0.3 is 6.09 Å². The lowest BCUT2D eigenvalue weighted by molar-refractivity contribution is -0.123. The summed E-state index contributed by atoms with van der Waals surface area (Å²) in [4.78, 5) is 30.3. The highest BCUT2D eigenvalue weighted by Crippen LogP contribution is 2.13. The van der Waals surface area contributed by atoms with Crippen LogP contribution in [-0.4, -0.2) is 48.8 Å². The number of nitrogens with zero attached hydrogens (tertiary/aromatic N) is 1. The molecule has 3 N–H and O–H groups in total. The molecule has 0 bridgehead atoms. The van der Waals surface area contributed by atoms with Gasteiger partial charge in [-0.15, -0.1) is 0 Å². The van der Waals surface area contributed by atoms with Crippen molar-refractivity contribution >= 4 is 17.9 Å². The Morgan fingerprint density at radius 2 is 1.90 bits per heavy atom. The second-order valence-corrected chi connectivity index (χ2v) is 7.00. The summed E-state index contributed by atoms with van der Waals surface area (Å²) < 4.78 is 10.3. The maximum atomic E-state index is 12.8. The highest BCUT2D eigenvalue weighted by atomic mass is 16.7. The van der Waals surface area contributed by atoms with Gasteiger partial charge in [-0.1, -0.05) is 47.6 Å². The number of aromatic hydroxyl groups is 1. The van der Waals surface area contributed by atoms with Crippen molar-refractivity contribution in [3.8, 4) is 5.75 Å².